The number of halogens is 3. The highest BCUT2D eigenvalue weighted by Crippen LogP contribution is 2.34. The van der Waals surface area contributed by atoms with Gasteiger partial charge >= 0.3 is 12.1 Å². The summed E-state index contributed by atoms with van der Waals surface area (Å²) in [6.45, 7) is 1.88. The average molecular weight is 446 g/mol. The number of hydrogen-bond donors (Lipinski definition) is 1. The number of hydrogen-bond acceptors (Lipinski definition) is 4. The van der Waals surface area contributed by atoms with E-state index in [2.05, 4.69) is 4.98 Å². The lowest BCUT2D eigenvalue weighted by Crippen LogP contribution is -2.10. The highest BCUT2D eigenvalue weighted by Gasteiger charge is 2.30. The van der Waals surface area contributed by atoms with Gasteiger partial charge in [0.2, 0.25) is 0 Å². The predicted octanol–water partition coefficient (Wildman–Crippen LogP) is 5.60. The van der Waals surface area contributed by atoms with Crippen LogP contribution in [-0.4, -0.2) is 27.2 Å². The van der Waals surface area contributed by atoms with E-state index in [1.165, 1.54) is 23.5 Å². The minimum absolute atomic E-state index is 0.443. The van der Waals surface area contributed by atoms with Gasteiger partial charge in [-0.1, -0.05) is 24.3 Å². The zero-order valence-corrected chi connectivity index (χ0v) is 17.1. The summed E-state index contributed by atoms with van der Waals surface area (Å²) in [6.07, 6.45) is -2.49. The summed E-state index contributed by atoms with van der Waals surface area (Å²) in [4.78, 5) is 16.4. The van der Waals surface area contributed by atoms with E-state index < -0.39 is 24.3 Å². The first kappa shape index (κ1) is 20.9. The molecule has 9 heteroatoms. The minimum Gasteiger partial charge on any atom is -0.480 e. The number of rotatable bonds is 6. The van der Waals surface area contributed by atoms with E-state index in [0.29, 0.717) is 22.9 Å². The molecule has 0 saturated carbocycles. The molecule has 0 fully saturated rings. The van der Waals surface area contributed by atoms with Gasteiger partial charge in [-0.2, -0.15) is 13.2 Å². The number of para-hydroxylation sites is 1. The molecule has 0 aliphatic carbocycles. The molecule has 0 aliphatic heterocycles. The van der Waals surface area contributed by atoms with Crippen LogP contribution in [0.25, 0.3) is 21.5 Å². The second kappa shape index (κ2) is 8.07. The number of benzene rings is 2. The van der Waals surface area contributed by atoms with E-state index in [-0.39, 0.29) is 0 Å². The zero-order valence-electron chi connectivity index (χ0n) is 16.3. The fraction of sp³-hybridized carbons (Fsp3) is 0.182. The van der Waals surface area contributed by atoms with E-state index in [1.807, 2.05) is 29.8 Å². The number of carbonyl (C=O) groups is 1. The zero-order chi connectivity index (χ0) is 22.2. The third kappa shape index (κ3) is 4.41. The number of ether oxygens (including phenoxy) is 1. The molecule has 31 heavy (non-hydrogen) atoms. The first-order chi connectivity index (χ1) is 14.7. The van der Waals surface area contributed by atoms with E-state index in [1.54, 1.807) is 12.1 Å². The molecule has 2 aromatic carbocycles. The van der Waals surface area contributed by atoms with Crippen LogP contribution in [0.5, 0.6) is 5.75 Å². The van der Waals surface area contributed by atoms with Gasteiger partial charge < -0.3 is 14.4 Å². The molecule has 1 N–H and O–H groups in total. The molecule has 4 rings (SSSR count). The monoisotopic (exact) mass is 446 g/mol. The van der Waals surface area contributed by atoms with E-state index >= 15 is 0 Å². The fourth-order valence-corrected chi connectivity index (χ4v) is 4.34. The largest absolute Gasteiger partial charge is 0.480 e. The first-order valence-electron chi connectivity index (χ1n) is 9.29. The fourth-order valence-electron chi connectivity index (χ4n) is 3.27. The summed E-state index contributed by atoms with van der Waals surface area (Å²) >= 11 is 1.41. The molecular weight excluding hydrogens is 429 g/mol. The summed E-state index contributed by atoms with van der Waals surface area (Å²) in [5.41, 5.74) is 1.48. The van der Waals surface area contributed by atoms with Crippen LogP contribution in [0.1, 0.15) is 16.1 Å². The number of nitrogens with zero attached hydrogens (tertiary/aromatic N) is 2. The molecule has 0 spiro atoms. The molecule has 0 atom stereocenters. The van der Waals surface area contributed by atoms with Crippen molar-refractivity contribution in [1.82, 2.24) is 9.55 Å². The number of aryl methyl sites for hydroxylation is 1. The molecule has 0 saturated heterocycles. The smallest absolute Gasteiger partial charge is 0.416 e. The van der Waals surface area contributed by atoms with Crippen molar-refractivity contribution in [2.24, 2.45) is 0 Å². The quantitative estimate of drug-likeness (QED) is 0.419. The number of aromatic nitrogens is 2. The van der Waals surface area contributed by atoms with E-state index in [4.69, 9.17) is 9.84 Å². The normalized spacial score (nSPS) is 11.7. The van der Waals surface area contributed by atoms with Gasteiger partial charge in [0.05, 0.1) is 23.3 Å². The van der Waals surface area contributed by atoms with Gasteiger partial charge in [-0.3, -0.25) is 0 Å². The Morgan fingerprint density at radius 2 is 1.90 bits per heavy atom. The minimum atomic E-state index is -4.38. The molecule has 0 aliphatic rings. The summed E-state index contributed by atoms with van der Waals surface area (Å²) in [5, 5.41) is 10.5. The maximum atomic E-state index is 12.8. The number of thiazole rings is 1. The van der Waals surface area contributed by atoms with Gasteiger partial charge in [0, 0.05) is 22.0 Å². The van der Waals surface area contributed by atoms with Gasteiger partial charge in [-0.25, -0.2) is 9.78 Å². The second-order valence-corrected chi connectivity index (χ2v) is 8.01. The van der Waals surface area contributed by atoms with Crippen LogP contribution in [-0.2, 0) is 17.5 Å². The molecule has 5 nitrogen and oxygen atoms in total. The Morgan fingerprint density at radius 1 is 1.16 bits per heavy atom. The molecule has 160 valence electrons. The van der Waals surface area contributed by atoms with Gasteiger partial charge in [0.1, 0.15) is 10.8 Å². The predicted molar refractivity (Wildman–Crippen MR) is 111 cm³/mol. The molecule has 0 unspecified atom stereocenters. The third-order valence-electron chi connectivity index (χ3n) is 4.77. The Morgan fingerprint density at radius 3 is 2.58 bits per heavy atom. The topological polar surface area (TPSA) is 64.4 Å². The lowest BCUT2D eigenvalue weighted by Gasteiger charge is -2.10. The van der Waals surface area contributed by atoms with E-state index in [9.17, 15) is 18.0 Å². The van der Waals surface area contributed by atoms with Crippen molar-refractivity contribution in [2.75, 3.05) is 6.61 Å². The lowest BCUT2D eigenvalue weighted by molar-refractivity contribution is -0.139. The summed E-state index contributed by atoms with van der Waals surface area (Å²) in [6, 6.07) is 12.3. The summed E-state index contributed by atoms with van der Waals surface area (Å²) in [5.74, 6) is -0.593. The number of alkyl halides is 3. The van der Waals surface area contributed by atoms with Gasteiger partial charge in [-0.15, -0.1) is 11.3 Å². The molecular formula is C22H17F3N2O3S. The van der Waals surface area contributed by atoms with Crippen LogP contribution in [0, 0.1) is 6.92 Å². The molecule has 0 radical (unpaired) electrons. The maximum Gasteiger partial charge on any atom is 0.416 e. The standard InChI is InChI=1S/C22H17F3N2O3S/c1-13-18(31-21(26-13)15-5-7-16(8-6-15)22(23,24)25)11-27-10-9-14-3-2-4-17(20(14)27)30-12-19(28)29/h2-10H,11-12H2,1H3,(H,28,29). The Bertz CT molecular complexity index is 1240. The highest BCUT2D eigenvalue weighted by atomic mass is 32.1. The third-order valence-corrected chi connectivity index (χ3v) is 5.96. The maximum absolute atomic E-state index is 12.8. The molecule has 0 amide bonds. The van der Waals surface area contributed by atoms with Crippen LogP contribution in [0.2, 0.25) is 0 Å². The summed E-state index contributed by atoms with van der Waals surface area (Å²) in [7, 11) is 0. The van der Waals surface area contributed by atoms with Crippen molar-refractivity contribution in [3.63, 3.8) is 0 Å². The Balaban J connectivity index is 1.63. The summed E-state index contributed by atoms with van der Waals surface area (Å²) < 4.78 is 45.8. The first-order valence-corrected chi connectivity index (χ1v) is 10.1. The van der Waals surface area contributed by atoms with Crippen molar-refractivity contribution < 1.29 is 27.8 Å². The van der Waals surface area contributed by atoms with Gasteiger partial charge in [0.15, 0.2) is 6.61 Å². The van der Waals surface area contributed by atoms with Crippen molar-refractivity contribution in [3.05, 3.63) is 70.9 Å². The molecule has 0 bridgehead atoms. The number of aliphatic carboxylic acids is 1. The molecule has 2 aromatic heterocycles. The van der Waals surface area contributed by atoms with Crippen molar-refractivity contribution in [3.8, 4) is 16.3 Å². The Hall–Kier alpha value is -3.33. The number of carboxylic acids is 1. The van der Waals surface area contributed by atoms with Gasteiger partial charge in [0.25, 0.3) is 0 Å². The number of carboxylic acid groups (broad SMARTS) is 1. The average Bonchev–Trinajstić information content (AvgIpc) is 3.30. The second-order valence-electron chi connectivity index (χ2n) is 6.92. The molecule has 4 aromatic rings. The van der Waals surface area contributed by atoms with Crippen molar-refractivity contribution in [1.29, 1.82) is 0 Å². The van der Waals surface area contributed by atoms with E-state index in [0.717, 1.165) is 33.6 Å². The van der Waals surface area contributed by atoms with Crippen LogP contribution in [0.15, 0.2) is 54.7 Å². The number of fused-ring (bicyclic) bond motifs is 1. The Labute approximate surface area is 179 Å². The van der Waals surface area contributed by atoms with Crippen LogP contribution >= 0.6 is 11.3 Å². The molecule has 2 heterocycles. The Kier molecular flexibility index (Phi) is 5.45. The van der Waals surface area contributed by atoms with Crippen LogP contribution in [0.4, 0.5) is 13.2 Å². The van der Waals surface area contributed by atoms with Crippen molar-refractivity contribution >= 4 is 28.2 Å². The van der Waals surface area contributed by atoms with Crippen LogP contribution in [0.3, 0.4) is 0 Å². The van der Waals surface area contributed by atoms with Crippen LogP contribution < -0.4 is 4.74 Å². The SMILES string of the molecule is Cc1nc(-c2ccc(C(F)(F)F)cc2)sc1Cn1ccc2cccc(OCC(=O)O)c21. The lowest BCUT2D eigenvalue weighted by atomic mass is 10.1. The van der Waals surface area contributed by atoms with Gasteiger partial charge in [-0.05, 0) is 31.2 Å². The van der Waals surface area contributed by atoms with Crippen molar-refractivity contribution in [2.45, 2.75) is 19.6 Å². The highest BCUT2D eigenvalue weighted by molar-refractivity contribution is 7.15.